The van der Waals surface area contributed by atoms with Crippen LogP contribution >= 0.6 is 0 Å². The molecule has 7 heteroatoms. The van der Waals surface area contributed by atoms with Gasteiger partial charge in [0, 0.05) is 5.56 Å². The molecule has 0 saturated heterocycles. The third-order valence-electron chi connectivity index (χ3n) is 2.38. The minimum atomic E-state index is -2.27. The van der Waals surface area contributed by atoms with Crippen LogP contribution in [-0.4, -0.2) is 5.11 Å². The summed E-state index contributed by atoms with van der Waals surface area (Å²) >= 11 is 0. The highest BCUT2D eigenvalue weighted by Gasteiger charge is 2.30. The lowest BCUT2D eigenvalue weighted by atomic mass is 10.0. The van der Waals surface area contributed by atoms with E-state index in [4.69, 9.17) is 0 Å². The zero-order chi connectivity index (χ0) is 13.4. The van der Waals surface area contributed by atoms with Gasteiger partial charge in [0.15, 0.2) is 23.3 Å². The molecule has 0 saturated carbocycles. The van der Waals surface area contributed by atoms with Gasteiger partial charge in [-0.15, -0.1) is 0 Å². The first-order valence-corrected chi connectivity index (χ1v) is 4.66. The van der Waals surface area contributed by atoms with E-state index in [1.165, 1.54) is 0 Å². The molecule has 1 atom stereocenters. The van der Waals surface area contributed by atoms with Crippen molar-refractivity contribution in [2.75, 3.05) is 0 Å². The maximum Gasteiger partial charge on any atom is 0.200 e. The number of hydrogen-bond donors (Lipinski definition) is 1. The molecule has 1 heterocycles. The van der Waals surface area contributed by atoms with Crippen LogP contribution in [-0.2, 0) is 0 Å². The summed E-state index contributed by atoms with van der Waals surface area (Å²) < 4.78 is 69.8. The Balaban J connectivity index is 2.65. The molecule has 0 amide bonds. The Kier molecular flexibility index (Phi) is 3.08. The van der Waals surface area contributed by atoms with E-state index in [0.29, 0.717) is 0 Å². The summed E-state index contributed by atoms with van der Waals surface area (Å²) in [7, 11) is 0. The number of benzene rings is 1. The molecule has 0 spiro atoms. The third kappa shape index (κ3) is 1.76. The van der Waals surface area contributed by atoms with Crippen LogP contribution in [0.25, 0.3) is 0 Å². The Labute approximate surface area is 97.3 Å². The second-order valence-electron chi connectivity index (χ2n) is 3.44. The topological polar surface area (TPSA) is 33.4 Å². The van der Waals surface area contributed by atoms with E-state index in [9.17, 15) is 27.1 Å². The molecular formula is C11H5F5O2. The summed E-state index contributed by atoms with van der Waals surface area (Å²) in [5.41, 5.74) is -1.44. The molecule has 2 aromatic rings. The summed E-state index contributed by atoms with van der Waals surface area (Å²) in [6.07, 6.45) is 0.0150. The lowest BCUT2D eigenvalue weighted by molar-refractivity contribution is 0.202. The molecule has 0 aliphatic heterocycles. The van der Waals surface area contributed by atoms with Crippen molar-refractivity contribution in [2.24, 2.45) is 0 Å². The van der Waals surface area contributed by atoms with Crippen molar-refractivity contribution in [1.82, 2.24) is 0 Å². The molecule has 0 aliphatic carbocycles. The predicted molar refractivity (Wildman–Crippen MR) is 49.0 cm³/mol. The number of furan rings is 1. The Morgan fingerprint density at radius 1 is 0.889 bits per heavy atom. The second kappa shape index (κ2) is 4.41. The van der Waals surface area contributed by atoms with E-state index in [0.717, 1.165) is 18.6 Å². The monoisotopic (exact) mass is 264 g/mol. The molecule has 2 nitrogen and oxygen atoms in total. The fraction of sp³-hybridized carbons (Fsp3) is 0.0909. The highest BCUT2D eigenvalue weighted by atomic mass is 19.2. The molecule has 1 aromatic carbocycles. The quantitative estimate of drug-likeness (QED) is 0.513. The normalized spacial score (nSPS) is 12.8. The zero-order valence-corrected chi connectivity index (χ0v) is 8.55. The Morgan fingerprint density at radius 2 is 1.39 bits per heavy atom. The van der Waals surface area contributed by atoms with Gasteiger partial charge < -0.3 is 9.52 Å². The maximum atomic E-state index is 13.3. The zero-order valence-electron chi connectivity index (χ0n) is 8.55. The average Bonchev–Trinajstić information content (AvgIpc) is 2.88. The molecular weight excluding hydrogens is 259 g/mol. The van der Waals surface area contributed by atoms with Crippen LogP contribution < -0.4 is 0 Å². The largest absolute Gasteiger partial charge is 0.472 e. The van der Waals surface area contributed by atoms with Crippen LogP contribution in [0.5, 0.6) is 0 Å². The van der Waals surface area contributed by atoms with E-state index in [1.54, 1.807) is 0 Å². The lowest BCUT2D eigenvalue weighted by Crippen LogP contribution is -2.11. The van der Waals surface area contributed by atoms with Gasteiger partial charge in [-0.05, 0) is 6.07 Å². The van der Waals surface area contributed by atoms with Gasteiger partial charge in [-0.3, -0.25) is 0 Å². The highest BCUT2D eigenvalue weighted by molar-refractivity contribution is 5.32. The van der Waals surface area contributed by atoms with Crippen molar-refractivity contribution in [3.63, 3.8) is 0 Å². The molecule has 2 rings (SSSR count). The number of aliphatic hydroxyl groups excluding tert-OH is 1. The van der Waals surface area contributed by atoms with Crippen LogP contribution in [0, 0.1) is 29.1 Å². The minimum Gasteiger partial charge on any atom is -0.472 e. The van der Waals surface area contributed by atoms with Crippen molar-refractivity contribution >= 4 is 0 Å². The number of rotatable bonds is 2. The number of aliphatic hydroxyl groups is 1. The highest BCUT2D eigenvalue weighted by Crippen LogP contribution is 2.31. The molecule has 1 N–H and O–H groups in total. The molecule has 96 valence electrons. The maximum absolute atomic E-state index is 13.3. The number of halogens is 5. The van der Waals surface area contributed by atoms with Crippen LogP contribution in [0.2, 0.25) is 0 Å². The van der Waals surface area contributed by atoms with Gasteiger partial charge in [-0.2, -0.15) is 0 Å². The summed E-state index contributed by atoms with van der Waals surface area (Å²) in [5.74, 6) is -10.6. The van der Waals surface area contributed by atoms with Gasteiger partial charge in [-0.25, -0.2) is 22.0 Å². The average molecular weight is 264 g/mol. The van der Waals surface area contributed by atoms with Gasteiger partial charge in [0.25, 0.3) is 0 Å². The minimum absolute atomic E-state index is 0.127. The predicted octanol–water partition coefficient (Wildman–Crippen LogP) is 3.06. The van der Waals surface area contributed by atoms with Gasteiger partial charge in [0.05, 0.1) is 18.1 Å². The fourth-order valence-corrected chi connectivity index (χ4v) is 1.46. The Hall–Kier alpha value is -1.89. The third-order valence-corrected chi connectivity index (χ3v) is 2.38. The summed E-state index contributed by atoms with van der Waals surface area (Å²) in [4.78, 5) is 0. The van der Waals surface area contributed by atoms with Crippen LogP contribution in [0.15, 0.2) is 23.0 Å². The fourth-order valence-electron chi connectivity index (χ4n) is 1.46. The molecule has 0 bridgehead atoms. The first-order chi connectivity index (χ1) is 8.45. The number of hydrogen-bond acceptors (Lipinski definition) is 2. The smallest absolute Gasteiger partial charge is 0.200 e. The Morgan fingerprint density at radius 3 is 1.83 bits per heavy atom. The molecule has 0 fully saturated rings. The van der Waals surface area contributed by atoms with Gasteiger partial charge in [-0.1, -0.05) is 0 Å². The van der Waals surface area contributed by atoms with Gasteiger partial charge in [0.2, 0.25) is 5.82 Å². The lowest BCUT2D eigenvalue weighted by Gasteiger charge is -2.12. The standard InChI is InChI=1S/C11H5F5O2/c12-6-5(11(17)4-1-2-18-3-4)7(13)9(15)10(16)8(6)14/h1-3,11,17H. The SMILES string of the molecule is OC(c1ccoc1)c1c(F)c(F)c(F)c(F)c1F. The molecule has 1 unspecified atom stereocenters. The van der Waals surface area contributed by atoms with E-state index in [1.807, 2.05) is 0 Å². The van der Waals surface area contributed by atoms with Crippen molar-refractivity contribution in [3.05, 3.63) is 58.8 Å². The van der Waals surface area contributed by atoms with Gasteiger partial charge >= 0.3 is 0 Å². The van der Waals surface area contributed by atoms with Crippen molar-refractivity contribution in [3.8, 4) is 0 Å². The molecule has 0 radical (unpaired) electrons. The molecule has 18 heavy (non-hydrogen) atoms. The van der Waals surface area contributed by atoms with E-state index >= 15 is 0 Å². The Bertz CT molecular complexity index is 551. The van der Waals surface area contributed by atoms with Crippen LogP contribution in [0.4, 0.5) is 22.0 Å². The first kappa shape index (κ1) is 12.6. The van der Waals surface area contributed by atoms with Crippen molar-refractivity contribution < 1.29 is 31.5 Å². The second-order valence-corrected chi connectivity index (χ2v) is 3.44. The van der Waals surface area contributed by atoms with Crippen LogP contribution in [0.3, 0.4) is 0 Å². The summed E-state index contributed by atoms with van der Waals surface area (Å²) in [6, 6.07) is 1.14. The van der Waals surface area contributed by atoms with E-state index in [-0.39, 0.29) is 5.56 Å². The first-order valence-electron chi connectivity index (χ1n) is 4.66. The van der Waals surface area contributed by atoms with Crippen molar-refractivity contribution in [2.45, 2.75) is 6.10 Å². The van der Waals surface area contributed by atoms with E-state index < -0.39 is 40.8 Å². The van der Waals surface area contributed by atoms with Crippen molar-refractivity contribution in [1.29, 1.82) is 0 Å². The summed E-state index contributed by atoms with van der Waals surface area (Å²) in [6.45, 7) is 0. The molecule has 0 aliphatic rings. The molecule has 1 aromatic heterocycles. The van der Waals surface area contributed by atoms with E-state index in [2.05, 4.69) is 4.42 Å². The summed E-state index contributed by atoms with van der Waals surface area (Å²) in [5, 5.41) is 9.59. The van der Waals surface area contributed by atoms with Gasteiger partial charge in [0.1, 0.15) is 6.10 Å². The van der Waals surface area contributed by atoms with Crippen LogP contribution in [0.1, 0.15) is 17.2 Å².